The number of carbonyl (C=O) groups excluding carboxylic acids is 1. The molecule has 5 heteroatoms. The van der Waals surface area contributed by atoms with E-state index >= 15 is 0 Å². The lowest BCUT2D eigenvalue weighted by atomic mass is 9.88. The van der Waals surface area contributed by atoms with Crippen molar-refractivity contribution in [1.29, 1.82) is 0 Å². The third-order valence-electron chi connectivity index (χ3n) is 3.77. The molecule has 2 rings (SSSR count). The Morgan fingerprint density at radius 1 is 1.59 bits per heavy atom. The van der Waals surface area contributed by atoms with Gasteiger partial charge in [0.15, 0.2) is 0 Å². The molecule has 0 saturated carbocycles. The lowest BCUT2D eigenvalue weighted by Crippen LogP contribution is -2.51. The fraction of sp³-hybridized carbons (Fsp3) is 0.917. The van der Waals surface area contributed by atoms with Gasteiger partial charge >= 0.3 is 0 Å². The number of carbonyl (C=O) groups is 1. The Labute approximate surface area is 109 Å². The van der Waals surface area contributed by atoms with Gasteiger partial charge in [0.2, 0.25) is 5.91 Å². The van der Waals surface area contributed by atoms with Crippen LogP contribution in [0.4, 0.5) is 0 Å². The van der Waals surface area contributed by atoms with Gasteiger partial charge in [0.25, 0.3) is 0 Å². The highest BCUT2D eigenvalue weighted by Crippen LogP contribution is 2.28. The van der Waals surface area contributed by atoms with Gasteiger partial charge in [-0.1, -0.05) is 6.92 Å². The molecule has 2 heterocycles. The van der Waals surface area contributed by atoms with Gasteiger partial charge in [0.05, 0.1) is 18.1 Å². The van der Waals surface area contributed by atoms with Crippen LogP contribution >= 0.6 is 12.4 Å². The van der Waals surface area contributed by atoms with E-state index in [1.807, 2.05) is 4.90 Å². The SMILES string of the molecule is CCC1CN(C(=O)C2(C)CCNC2)CCO1.Cl. The summed E-state index contributed by atoms with van der Waals surface area (Å²) in [6, 6.07) is 0. The van der Waals surface area contributed by atoms with Gasteiger partial charge in [-0.2, -0.15) is 0 Å². The molecule has 2 unspecified atom stereocenters. The third-order valence-corrected chi connectivity index (χ3v) is 3.77. The topological polar surface area (TPSA) is 41.6 Å². The normalized spacial score (nSPS) is 33.3. The molecular weight excluding hydrogens is 240 g/mol. The molecule has 2 fully saturated rings. The fourth-order valence-corrected chi connectivity index (χ4v) is 2.53. The van der Waals surface area contributed by atoms with E-state index in [1.165, 1.54) is 0 Å². The number of rotatable bonds is 2. The number of halogens is 1. The Bertz CT molecular complexity index is 267. The first kappa shape index (κ1) is 14.7. The van der Waals surface area contributed by atoms with Gasteiger partial charge in [-0.15, -0.1) is 12.4 Å². The van der Waals surface area contributed by atoms with Gasteiger partial charge < -0.3 is 15.0 Å². The van der Waals surface area contributed by atoms with Crippen LogP contribution in [0.3, 0.4) is 0 Å². The van der Waals surface area contributed by atoms with E-state index in [2.05, 4.69) is 19.2 Å². The zero-order valence-corrected chi connectivity index (χ0v) is 11.5. The third kappa shape index (κ3) is 3.12. The van der Waals surface area contributed by atoms with Crippen LogP contribution in [0.15, 0.2) is 0 Å². The lowest BCUT2D eigenvalue weighted by Gasteiger charge is -2.37. The van der Waals surface area contributed by atoms with E-state index in [-0.39, 0.29) is 23.9 Å². The molecule has 0 bridgehead atoms. The second-order valence-electron chi connectivity index (χ2n) is 5.14. The summed E-state index contributed by atoms with van der Waals surface area (Å²) < 4.78 is 5.59. The first-order valence-corrected chi connectivity index (χ1v) is 6.27. The van der Waals surface area contributed by atoms with Crippen molar-refractivity contribution in [3.05, 3.63) is 0 Å². The van der Waals surface area contributed by atoms with Crippen molar-refractivity contribution in [2.45, 2.75) is 32.8 Å². The molecule has 2 atom stereocenters. The van der Waals surface area contributed by atoms with Crippen LogP contribution in [0.2, 0.25) is 0 Å². The molecule has 2 aliphatic rings. The quantitative estimate of drug-likeness (QED) is 0.809. The highest BCUT2D eigenvalue weighted by Gasteiger charge is 2.40. The van der Waals surface area contributed by atoms with Gasteiger partial charge in [0.1, 0.15) is 0 Å². The zero-order valence-electron chi connectivity index (χ0n) is 10.7. The first-order chi connectivity index (χ1) is 7.65. The van der Waals surface area contributed by atoms with Crippen LogP contribution in [-0.2, 0) is 9.53 Å². The van der Waals surface area contributed by atoms with E-state index in [1.54, 1.807) is 0 Å². The minimum absolute atomic E-state index is 0. The van der Waals surface area contributed by atoms with Gasteiger partial charge in [-0.25, -0.2) is 0 Å². The largest absolute Gasteiger partial charge is 0.375 e. The summed E-state index contributed by atoms with van der Waals surface area (Å²) in [6.45, 7) is 8.18. The van der Waals surface area contributed by atoms with E-state index in [0.717, 1.165) is 39.0 Å². The van der Waals surface area contributed by atoms with Crippen molar-refractivity contribution in [2.24, 2.45) is 5.41 Å². The molecule has 4 nitrogen and oxygen atoms in total. The molecule has 0 aliphatic carbocycles. The molecule has 1 N–H and O–H groups in total. The molecule has 2 saturated heterocycles. The maximum Gasteiger partial charge on any atom is 0.230 e. The Hall–Kier alpha value is -0.320. The summed E-state index contributed by atoms with van der Waals surface area (Å²) in [6.07, 6.45) is 2.18. The van der Waals surface area contributed by atoms with Crippen LogP contribution in [0.1, 0.15) is 26.7 Å². The van der Waals surface area contributed by atoms with Crippen LogP contribution in [0.25, 0.3) is 0 Å². The van der Waals surface area contributed by atoms with Crippen molar-refractivity contribution in [2.75, 3.05) is 32.8 Å². The highest BCUT2D eigenvalue weighted by molar-refractivity contribution is 5.85. The standard InChI is InChI=1S/C12H22N2O2.ClH/c1-3-10-8-14(6-7-16-10)11(15)12(2)4-5-13-9-12;/h10,13H,3-9H2,1-2H3;1H. The predicted molar refractivity (Wildman–Crippen MR) is 69.5 cm³/mol. The maximum absolute atomic E-state index is 12.4. The second kappa shape index (κ2) is 6.03. The average molecular weight is 263 g/mol. The van der Waals surface area contributed by atoms with Crippen molar-refractivity contribution >= 4 is 18.3 Å². The number of morpholine rings is 1. The minimum atomic E-state index is -0.185. The molecule has 0 aromatic carbocycles. The Balaban J connectivity index is 0.00000144. The average Bonchev–Trinajstić information content (AvgIpc) is 2.76. The number of hydrogen-bond acceptors (Lipinski definition) is 3. The minimum Gasteiger partial charge on any atom is -0.375 e. The Morgan fingerprint density at radius 2 is 2.35 bits per heavy atom. The summed E-state index contributed by atoms with van der Waals surface area (Å²) in [5.74, 6) is 0.305. The van der Waals surface area contributed by atoms with Gasteiger partial charge in [-0.05, 0) is 26.3 Å². The second-order valence-corrected chi connectivity index (χ2v) is 5.14. The number of amides is 1. The highest BCUT2D eigenvalue weighted by atomic mass is 35.5. The molecule has 2 aliphatic heterocycles. The van der Waals surface area contributed by atoms with Crippen LogP contribution < -0.4 is 5.32 Å². The van der Waals surface area contributed by atoms with Crippen molar-refractivity contribution < 1.29 is 9.53 Å². The molecule has 100 valence electrons. The molecule has 1 amide bonds. The van der Waals surface area contributed by atoms with Crippen LogP contribution in [0, 0.1) is 5.41 Å². The monoisotopic (exact) mass is 262 g/mol. The Kier molecular flexibility index (Phi) is 5.22. The molecule has 0 aromatic rings. The van der Waals surface area contributed by atoms with Crippen molar-refractivity contribution in [3.8, 4) is 0 Å². The smallest absolute Gasteiger partial charge is 0.230 e. The predicted octanol–water partition coefficient (Wildman–Crippen LogP) is 1.05. The van der Waals surface area contributed by atoms with Crippen molar-refractivity contribution in [3.63, 3.8) is 0 Å². The summed E-state index contributed by atoms with van der Waals surface area (Å²) in [4.78, 5) is 14.4. The molecule has 0 spiro atoms. The molecule has 0 radical (unpaired) electrons. The summed E-state index contributed by atoms with van der Waals surface area (Å²) in [5, 5.41) is 3.28. The number of hydrogen-bond donors (Lipinski definition) is 1. The van der Waals surface area contributed by atoms with E-state index < -0.39 is 0 Å². The summed E-state index contributed by atoms with van der Waals surface area (Å²) >= 11 is 0. The fourth-order valence-electron chi connectivity index (χ4n) is 2.53. The molecular formula is C12H23ClN2O2. The van der Waals surface area contributed by atoms with Crippen LogP contribution in [-0.4, -0.2) is 49.7 Å². The van der Waals surface area contributed by atoms with Gasteiger partial charge in [0, 0.05) is 19.6 Å². The van der Waals surface area contributed by atoms with Crippen molar-refractivity contribution in [1.82, 2.24) is 10.2 Å². The van der Waals surface area contributed by atoms with Crippen LogP contribution in [0.5, 0.6) is 0 Å². The number of nitrogens with one attached hydrogen (secondary N) is 1. The first-order valence-electron chi connectivity index (χ1n) is 6.27. The summed E-state index contributed by atoms with van der Waals surface area (Å²) in [7, 11) is 0. The van der Waals surface area contributed by atoms with Gasteiger partial charge in [-0.3, -0.25) is 4.79 Å². The van der Waals surface area contributed by atoms with E-state index in [9.17, 15) is 4.79 Å². The Morgan fingerprint density at radius 3 is 2.94 bits per heavy atom. The number of ether oxygens (including phenoxy) is 1. The summed E-state index contributed by atoms with van der Waals surface area (Å²) in [5.41, 5.74) is -0.185. The van der Waals surface area contributed by atoms with E-state index in [4.69, 9.17) is 4.74 Å². The lowest BCUT2D eigenvalue weighted by molar-refractivity contribution is -0.147. The number of nitrogens with zero attached hydrogens (tertiary/aromatic N) is 1. The maximum atomic E-state index is 12.4. The van der Waals surface area contributed by atoms with E-state index in [0.29, 0.717) is 12.5 Å². The molecule has 17 heavy (non-hydrogen) atoms. The molecule has 0 aromatic heterocycles. The zero-order chi connectivity index (χ0) is 11.6.